The molecule has 1 aliphatic rings. The van der Waals surface area contributed by atoms with Crippen LogP contribution >= 0.6 is 0 Å². The summed E-state index contributed by atoms with van der Waals surface area (Å²) in [7, 11) is 1.47. The topological polar surface area (TPSA) is 50.4 Å². The van der Waals surface area contributed by atoms with E-state index in [1.807, 2.05) is 0 Å². The highest BCUT2D eigenvalue weighted by molar-refractivity contribution is 5.87. The Labute approximate surface area is 92.8 Å². The van der Waals surface area contributed by atoms with E-state index in [0.29, 0.717) is 18.0 Å². The summed E-state index contributed by atoms with van der Waals surface area (Å²) >= 11 is 0. The van der Waals surface area contributed by atoms with Gasteiger partial charge in [0, 0.05) is 12.6 Å². The standard InChI is InChI=1S/C11H13FN2O2/c1-16-10-6-7(12)2-3-8(10)14-9-4-5-13-11(9)15/h2-3,6,9,14H,4-5H2,1H3,(H,13,15). The molecule has 86 valence electrons. The van der Waals surface area contributed by atoms with Crippen LogP contribution in [0.4, 0.5) is 10.1 Å². The molecule has 2 rings (SSSR count). The number of carbonyl (C=O) groups is 1. The maximum atomic E-state index is 12.9. The fourth-order valence-corrected chi connectivity index (χ4v) is 1.70. The number of benzene rings is 1. The lowest BCUT2D eigenvalue weighted by atomic mass is 10.2. The van der Waals surface area contributed by atoms with E-state index in [1.165, 1.54) is 19.2 Å². The van der Waals surface area contributed by atoms with E-state index in [2.05, 4.69) is 10.6 Å². The van der Waals surface area contributed by atoms with Crippen molar-refractivity contribution in [2.45, 2.75) is 12.5 Å². The Hall–Kier alpha value is -1.78. The molecule has 5 heteroatoms. The lowest BCUT2D eigenvalue weighted by Crippen LogP contribution is -2.29. The van der Waals surface area contributed by atoms with Crippen molar-refractivity contribution in [3.05, 3.63) is 24.0 Å². The number of carbonyl (C=O) groups excluding carboxylic acids is 1. The van der Waals surface area contributed by atoms with Gasteiger partial charge in [0.05, 0.1) is 12.8 Å². The second-order valence-electron chi connectivity index (χ2n) is 3.62. The van der Waals surface area contributed by atoms with E-state index in [9.17, 15) is 9.18 Å². The molecule has 0 spiro atoms. The highest BCUT2D eigenvalue weighted by atomic mass is 19.1. The van der Waals surface area contributed by atoms with Gasteiger partial charge in [0.1, 0.15) is 17.6 Å². The molecule has 1 fully saturated rings. The van der Waals surface area contributed by atoms with Crippen LogP contribution in [0.1, 0.15) is 6.42 Å². The number of hydrogen-bond donors (Lipinski definition) is 2. The summed E-state index contributed by atoms with van der Waals surface area (Å²) in [6, 6.07) is 3.92. The van der Waals surface area contributed by atoms with Gasteiger partial charge < -0.3 is 15.4 Å². The predicted octanol–water partition coefficient (Wildman–Crippen LogP) is 1.13. The molecule has 1 heterocycles. The van der Waals surface area contributed by atoms with Gasteiger partial charge >= 0.3 is 0 Å². The second kappa shape index (κ2) is 4.38. The summed E-state index contributed by atoms with van der Waals surface area (Å²) in [5.41, 5.74) is 0.631. The molecule has 0 bridgehead atoms. The van der Waals surface area contributed by atoms with Gasteiger partial charge in [-0.3, -0.25) is 4.79 Å². The number of methoxy groups -OCH3 is 1. The van der Waals surface area contributed by atoms with E-state index in [4.69, 9.17) is 4.74 Å². The van der Waals surface area contributed by atoms with Crippen molar-refractivity contribution in [1.29, 1.82) is 0 Å². The Bertz CT molecular complexity index is 409. The van der Waals surface area contributed by atoms with Crippen LogP contribution in [0.2, 0.25) is 0 Å². The van der Waals surface area contributed by atoms with Crippen LogP contribution in [0.25, 0.3) is 0 Å². The molecule has 1 amide bonds. The molecule has 1 aromatic carbocycles. The third-order valence-corrected chi connectivity index (χ3v) is 2.54. The number of anilines is 1. The fourth-order valence-electron chi connectivity index (χ4n) is 1.70. The monoisotopic (exact) mass is 224 g/mol. The number of hydrogen-bond acceptors (Lipinski definition) is 3. The van der Waals surface area contributed by atoms with E-state index < -0.39 is 0 Å². The summed E-state index contributed by atoms with van der Waals surface area (Å²) in [4.78, 5) is 11.4. The molecular formula is C11H13FN2O2. The third kappa shape index (κ3) is 2.08. The lowest BCUT2D eigenvalue weighted by molar-refractivity contribution is -0.119. The van der Waals surface area contributed by atoms with Crippen LogP contribution in [0.5, 0.6) is 5.75 Å². The van der Waals surface area contributed by atoms with Crippen LogP contribution in [0, 0.1) is 5.82 Å². The van der Waals surface area contributed by atoms with Crippen molar-refractivity contribution < 1.29 is 13.9 Å². The molecule has 0 aliphatic carbocycles. The normalized spacial score (nSPS) is 19.4. The lowest BCUT2D eigenvalue weighted by Gasteiger charge is -2.14. The average molecular weight is 224 g/mol. The van der Waals surface area contributed by atoms with E-state index in [-0.39, 0.29) is 17.8 Å². The van der Waals surface area contributed by atoms with Crippen molar-refractivity contribution in [3.63, 3.8) is 0 Å². The fraction of sp³-hybridized carbons (Fsp3) is 0.364. The summed E-state index contributed by atoms with van der Waals surface area (Å²) in [5, 5.41) is 5.76. The molecule has 1 saturated heterocycles. The molecule has 1 atom stereocenters. The molecular weight excluding hydrogens is 211 g/mol. The third-order valence-electron chi connectivity index (χ3n) is 2.54. The zero-order chi connectivity index (χ0) is 11.5. The molecule has 2 N–H and O–H groups in total. The summed E-state index contributed by atoms with van der Waals surface area (Å²) in [6.45, 7) is 0.667. The maximum Gasteiger partial charge on any atom is 0.242 e. The molecule has 4 nitrogen and oxygen atoms in total. The first kappa shape index (κ1) is 10.7. The summed E-state index contributed by atoms with van der Waals surface area (Å²) < 4.78 is 18.0. The first-order valence-corrected chi connectivity index (χ1v) is 5.08. The van der Waals surface area contributed by atoms with Crippen molar-refractivity contribution in [2.24, 2.45) is 0 Å². The van der Waals surface area contributed by atoms with Crippen LogP contribution in [-0.2, 0) is 4.79 Å². The first-order valence-electron chi connectivity index (χ1n) is 5.08. The average Bonchev–Trinajstić information content (AvgIpc) is 2.67. The zero-order valence-corrected chi connectivity index (χ0v) is 8.92. The van der Waals surface area contributed by atoms with Gasteiger partial charge in [-0.15, -0.1) is 0 Å². The number of rotatable bonds is 3. The van der Waals surface area contributed by atoms with Crippen LogP contribution in [0.15, 0.2) is 18.2 Å². The molecule has 1 unspecified atom stereocenters. The van der Waals surface area contributed by atoms with Crippen molar-refractivity contribution in [2.75, 3.05) is 19.0 Å². The highest BCUT2D eigenvalue weighted by Crippen LogP contribution is 2.26. The van der Waals surface area contributed by atoms with E-state index in [0.717, 1.165) is 6.42 Å². The van der Waals surface area contributed by atoms with Gasteiger partial charge in [-0.05, 0) is 18.6 Å². The van der Waals surface area contributed by atoms with Gasteiger partial charge in [-0.25, -0.2) is 4.39 Å². The van der Waals surface area contributed by atoms with E-state index >= 15 is 0 Å². The van der Waals surface area contributed by atoms with Gasteiger partial charge in [0.15, 0.2) is 0 Å². The molecule has 0 saturated carbocycles. The van der Waals surface area contributed by atoms with Crippen LogP contribution < -0.4 is 15.4 Å². The number of amides is 1. The van der Waals surface area contributed by atoms with Gasteiger partial charge in [-0.2, -0.15) is 0 Å². The maximum absolute atomic E-state index is 12.9. The Balaban J connectivity index is 2.17. The van der Waals surface area contributed by atoms with Crippen LogP contribution in [-0.4, -0.2) is 25.6 Å². The molecule has 0 radical (unpaired) electrons. The molecule has 0 aromatic heterocycles. The minimum Gasteiger partial charge on any atom is -0.494 e. The summed E-state index contributed by atoms with van der Waals surface area (Å²) in [6.07, 6.45) is 0.722. The Morgan fingerprint density at radius 2 is 2.38 bits per heavy atom. The number of ether oxygens (including phenoxy) is 1. The quantitative estimate of drug-likeness (QED) is 0.809. The SMILES string of the molecule is COc1cc(F)ccc1NC1CCNC1=O. The first-order chi connectivity index (χ1) is 7.70. The van der Waals surface area contributed by atoms with Crippen LogP contribution in [0.3, 0.4) is 0 Å². The molecule has 1 aliphatic heterocycles. The van der Waals surface area contributed by atoms with Gasteiger partial charge in [0.2, 0.25) is 5.91 Å². The summed E-state index contributed by atoms with van der Waals surface area (Å²) in [5.74, 6) is 0.00403. The molecule has 16 heavy (non-hydrogen) atoms. The van der Waals surface area contributed by atoms with Gasteiger partial charge in [0.25, 0.3) is 0 Å². The number of nitrogens with one attached hydrogen (secondary N) is 2. The largest absolute Gasteiger partial charge is 0.494 e. The predicted molar refractivity (Wildman–Crippen MR) is 58.0 cm³/mol. The van der Waals surface area contributed by atoms with E-state index in [1.54, 1.807) is 6.07 Å². The molecule has 1 aromatic rings. The minimum absolute atomic E-state index is 0.0358. The van der Waals surface area contributed by atoms with Gasteiger partial charge in [-0.1, -0.05) is 0 Å². The number of halogens is 1. The highest BCUT2D eigenvalue weighted by Gasteiger charge is 2.24. The second-order valence-corrected chi connectivity index (χ2v) is 3.62. The Morgan fingerprint density at radius 1 is 1.56 bits per heavy atom. The van der Waals surface area contributed by atoms with Crippen molar-refractivity contribution in [1.82, 2.24) is 5.32 Å². The smallest absolute Gasteiger partial charge is 0.242 e. The van der Waals surface area contributed by atoms with Crippen molar-refractivity contribution in [3.8, 4) is 5.75 Å². The Kier molecular flexibility index (Phi) is 2.94. The minimum atomic E-state index is -0.363. The van der Waals surface area contributed by atoms with Crippen molar-refractivity contribution >= 4 is 11.6 Å². The zero-order valence-electron chi connectivity index (χ0n) is 8.92. The Morgan fingerprint density at radius 3 is 3.00 bits per heavy atom.